The van der Waals surface area contributed by atoms with Crippen molar-refractivity contribution in [3.8, 4) is 0 Å². The van der Waals surface area contributed by atoms with Gasteiger partial charge in [0.2, 0.25) is 5.91 Å². The Kier molecular flexibility index (Phi) is 10.4. The van der Waals surface area contributed by atoms with Gasteiger partial charge in [-0.2, -0.15) is 5.10 Å². The summed E-state index contributed by atoms with van der Waals surface area (Å²) in [5, 5.41) is 5.01. The molecule has 0 aliphatic carbocycles. The summed E-state index contributed by atoms with van der Waals surface area (Å²) in [6.45, 7) is 10.2. The fourth-order valence-corrected chi connectivity index (χ4v) is 3.04. The molecule has 9 heteroatoms. The first kappa shape index (κ1) is 25.8. The topological polar surface area (TPSA) is 127 Å². The molecule has 0 fully saturated rings. The molecule has 1 amide bonds. The molecule has 1 unspecified atom stereocenters. The van der Waals surface area contributed by atoms with Gasteiger partial charge in [-0.15, -0.1) is 0 Å². The van der Waals surface area contributed by atoms with Crippen molar-refractivity contribution in [1.29, 1.82) is 0 Å². The highest BCUT2D eigenvalue weighted by atomic mass is 19.1. The van der Waals surface area contributed by atoms with Crippen molar-refractivity contribution in [1.82, 2.24) is 14.9 Å². The normalized spacial score (nSPS) is 15.8. The van der Waals surface area contributed by atoms with E-state index in [1.54, 1.807) is 37.9 Å². The molecule has 1 aliphatic heterocycles. The number of amides is 1. The zero-order valence-electron chi connectivity index (χ0n) is 19.0. The summed E-state index contributed by atoms with van der Waals surface area (Å²) in [6, 6.07) is 1.27. The number of pyridine rings is 1. The number of nitrogens with zero attached hydrogens (tertiary/aromatic N) is 4. The number of hydrazine groups is 1. The number of nitrogens with two attached hydrogens (primary N) is 3. The Labute approximate surface area is 183 Å². The van der Waals surface area contributed by atoms with Gasteiger partial charge in [-0.1, -0.05) is 26.0 Å². The second-order valence-electron chi connectivity index (χ2n) is 6.75. The Bertz CT molecular complexity index is 877. The minimum absolute atomic E-state index is 0.0416. The van der Waals surface area contributed by atoms with Gasteiger partial charge in [-0.05, 0) is 49.6 Å². The number of aromatic nitrogens is 1. The minimum atomic E-state index is -0.533. The van der Waals surface area contributed by atoms with E-state index < -0.39 is 11.9 Å². The van der Waals surface area contributed by atoms with Crippen LogP contribution in [0.5, 0.6) is 0 Å². The number of allylic oxidation sites excluding steroid dienone is 3. The number of carbonyl (C=O) groups is 1. The third kappa shape index (κ3) is 6.92. The van der Waals surface area contributed by atoms with Crippen molar-refractivity contribution in [3.05, 3.63) is 53.5 Å². The van der Waals surface area contributed by atoms with Crippen molar-refractivity contribution >= 4 is 23.1 Å². The molecule has 6 N–H and O–H groups in total. The first-order valence-corrected chi connectivity index (χ1v) is 10.3. The van der Waals surface area contributed by atoms with Crippen molar-refractivity contribution in [2.24, 2.45) is 16.8 Å². The van der Waals surface area contributed by atoms with Crippen LogP contribution in [-0.2, 0) is 4.79 Å². The van der Waals surface area contributed by atoms with Gasteiger partial charge in [0, 0.05) is 26.2 Å². The molecule has 0 spiro atoms. The van der Waals surface area contributed by atoms with Crippen LogP contribution >= 0.6 is 0 Å². The Morgan fingerprint density at radius 2 is 2.10 bits per heavy atom. The Balaban J connectivity index is 0.00000233. The number of hydrogen-bond acceptors (Lipinski definition) is 6. The fraction of sp³-hybridized carbons (Fsp3) is 0.409. The molecule has 1 atom stereocenters. The summed E-state index contributed by atoms with van der Waals surface area (Å²) in [6.07, 6.45) is 8.61. The van der Waals surface area contributed by atoms with Gasteiger partial charge in [0.15, 0.2) is 5.84 Å². The second-order valence-corrected chi connectivity index (χ2v) is 6.75. The third-order valence-corrected chi connectivity index (χ3v) is 4.72. The van der Waals surface area contributed by atoms with E-state index in [2.05, 4.69) is 10.1 Å². The third-order valence-electron chi connectivity index (χ3n) is 4.72. The molecule has 31 heavy (non-hydrogen) atoms. The summed E-state index contributed by atoms with van der Waals surface area (Å²) in [5.74, 6) is 11.7. The molecule has 1 aromatic rings. The monoisotopic (exact) mass is 431 g/mol. The smallest absolute Gasteiger partial charge is 0.219 e. The summed E-state index contributed by atoms with van der Waals surface area (Å²) >= 11 is 0. The van der Waals surface area contributed by atoms with Gasteiger partial charge in [0.1, 0.15) is 11.6 Å². The van der Waals surface area contributed by atoms with Crippen LogP contribution in [0.1, 0.15) is 52.2 Å². The van der Waals surface area contributed by atoms with Crippen LogP contribution in [0.15, 0.2) is 47.5 Å². The highest BCUT2D eigenvalue weighted by Crippen LogP contribution is 2.25. The number of anilines is 1. The summed E-state index contributed by atoms with van der Waals surface area (Å²) in [5.41, 5.74) is 8.38. The van der Waals surface area contributed by atoms with E-state index in [0.29, 0.717) is 25.1 Å². The lowest BCUT2D eigenvalue weighted by atomic mass is 9.99. The maximum absolute atomic E-state index is 13.8. The van der Waals surface area contributed by atoms with Crippen LogP contribution in [0.4, 0.5) is 10.2 Å². The molecule has 8 nitrogen and oxygen atoms in total. The second kappa shape index (κ2) is 12.5. The molecular weight excluding hydrogens is 397 g/mol. The van der Waals surface area contributed by atoms with Crippen LogP contribution in [0.3, 0.4) is 0 Å². The number of nitrogen functional groups attached to an aromatic ring is 1. The number of halogens is 1. The molecule has 1 aliphatic rings. The van der Waals surface area contributed by atoms with E-state index in [1.807, 2.05) is 26.0 Å². The molecule has 0 bridgehead atoms. The standard InChI is InChI=1S/C20H28FN7O.C2H6/c1-4-5-17(21)10-13(2)28(24)20(26-23)18-11-16(12-25-19(18)22)15-6-8-27(9-7-15)14(3)29;1-2/h4-6,10-13H,7-9,23-24H2,1-3H3,(H2,22,25);1-2H3/b5-4-,17-10+,26-20-;. The molecule has 0 radical (unpaired) electrons. The number of amidine groups is 1. The summed E-state index contributed by atoms with van der Waals surface area (Å²) < 4.78 is 13.8. The first-order chi connectivity index (χ1) is 14.8. The van der Waals surface area contributed by atoms with Crippen molar-refractivity contribution in [2.45, 2.75) is 47.1 Å². The lowest BCUT2D eigenvalue weighted by Crippen LogP contribution is -2.44. The SMILES string of the molecule is C/C=C\C(F)=C/C(C)N(N)/C(=N\N)c1cc(C2=CCN(C(C)=O)CC2)cnc1N.CC. The average molecular weight is 432 g/mol. The number of rotatable bonds is 5. The zero-order valence-corrected chi connectivity index (χ0v) is 19.0. The van der Waals surface area contributed by atoms with Crippen molar-refractivity contribution in [3.63, 3.8) is 0 Å². The van der Waals surface area contributed by atoms with Gasteiger partial charge in [0.25, 0.3) is 0 Å². The van der Waals surface area contributed by atoms with E-state index in [1.165, 1.54) is 17.2 Å². The number of carbonyl (C=O) groups excluding carboxylic acids is 1. The van der Waals surface area contributed by atoms with Crippen LogP contribution in [0.25, 0.3) is 5.57 Å². The van der Waals surface area contributed by atoms with Crippen LogP contribution in [0.2, 0.25) is 0 Å². The van der Waals surface area contributed by atoms with E-state index in [9.17, 15) is 9.18 Å². The van der Waals surface area contributed by atoms with E-state index >= 15 is 0 Å². The number of hydrazone groups is 1. The predicted molar refractivity (Wildman–Crippen MR) is 125 cm³/mol. The van der Waals surface area contributed by atoms with Crippen molar-refractivity contribution in [2.75, 3.05) is 18.8 Å². The molecular formula is C22H34FN7O. The predicted octanol–water partition coefficient (Wildman–Crippen LogP) is 2.94. The minimum Gasteiger partial charge on any atom is -0.383 e. The van der Waals surface area contributed by atoms with Crippen LogP contribution in [-0.4, -0.2) is 45.8 Å². The largest absolute Gasteiger partial charge is 0.383 e. The molecule has 0 saturated carbocycles. The first-order valence-electron chi connectivity index (χ1n) is 10.3. The van der Waals surface area contributed by atoms with E-state index in [4.69, 9.17) is 17.4 Å². The van der Waals surface area contributed by atoms with Gasteiger partial charge < -0.3 is 16.5 Å². The van der Waals surface area contributed by atoms with Gasteiger partial charge in [-0.25, -0.2) is 15.2 Å². The summed E-state index contributed by atoms with van der Waals surface area (Å²) in [4.78, 5) is 17.5. The van der Waals surface area contributed by atoms with E-state index in [0.717, 1.165) is 11.1 Å². The summed E-state index contributed by atoms with van der Waals surface area (Å²) in [7, 11) is 0. The Morgan fingerprint density at radius 1 is 1.42 bits per heavy atom. The fourth-order valence-electron chi connectivity index (χ4n) is 3.04. The average Bonchev–Trinajstić information content (AvgIpc) is 2.77. The lowest BCUT2D eigenvalue weighted by molar-refractivity contribution is -0.128. The maximum Gasteiger partial charge on any atom is 0.219 e. The maximum atomic E-state index is 13.8. The molecule has 2 heterocycles. The molecule has 0 aromatic carbocycles. The molecule has 0 saturated heterocycles. The van der Waals surface area contributed by atoms with Gasteiger partial charge in [0.05, 0.1) is 11.6 Å². The van der Waals surface area contributed by atoms with Crippen LogP contribution in [0, 0.1) is 0 Å². The quantitative estimate of drug-likeness (QED) is 0.216. The van der Waals surface area contributed by atoms with Crippen molar-refractivity contribution < 1.29 is 9.18 Å². The zero-order chi connectivity index (χ0) is 23.6. The highest BCUT2D eigenvalue weighted by molar-refractivity contribution is 6.02. The molecule has 170 valence electrons. The Hall–Kier alpha value is -3.20. The highest BCUT2D eigenvalue weighted by Gasteiger charge is 2.21. The lowest BCUT2D eigenvalue weighted by Gasteiger charge is -2.27. The van der Waals surface area contributed by atoms with E-state index in [-0.39, 0.29) is 17.6 Å². The van der Waals surface area contributed by atoms with Crippen LogP contribution < -0.4 is 17.4 Å². The molecule has 2 rings (SSSR count). The van der Waals surface area contributed by atoms with Gasteiger partial charge in [-0.3, -0.25) is 9.80 Å². The van der Waals surface area contributed by atoms with Gasteiger partial charge >= 0.3 is 0 Å². The number of hydrogen-bond donors (Lipinski definition) is 3. The Morgan fingerprint density at radius 3 is 2.61 bits per heavy atom. The molecule has 1 aromatic heterocycles.